The Hall–Kier alpha value is -2.44. The molecule has 0 aromatic heterocycles. The topological polar surface area (TPSA) is 71.1 Å². The van der Waals surface area contributed by atoms with Crippen molar-refractivity contribution in [3.05, 3.63) is 35.4 Å². The standard InChI is InChI=1S/C18H18O6/c1-21-11-7-10-5-6-12-13(19)9-18(23-3,24-4)17(20)16(12)15(10)14(8-11)22-2/h5-8H,9H2,1-4H3. The lowest BCUT2D eigenvalue weighted by Gasteiger charge is -2.33. The first kappa shape index (κ1) is 16.4. The molecule has 6 nitrogen and oxygen atoms in total. The van der Waals surface area contributed by atoms with Gasteiger partial charge in [0.2, 0.25) is 11.6 Å². The van der Waals surface area contributed by atoms with Crippen molar-refractivity contribution in [2.45, 2.75) is 12.2 Å². The molecule has 2 aromatic rings. The Morgan fingerprint density at radius 3 is 2.25 bits per heavy atom. The number of benzene rings is 2. The van der Waals surface area contributed by atoms with Crippen molar-refractivity contribution in [2.24, 2.45) is 0 Å². The third kappa shape index (κ3) is 2.18. The molecule has 6 heteroatoms. The number of hydrogen-bond donors (Lipinski definition) is 0. The Labute approximate surface area is 139 Å². The van der Waals surface area contributed by atoms with E-state index in [-0.39, 0.29) is 17.8 Å². The monoisotopic (exact) mass is 330 g/mol. The van der Waals surface area contributed by atoms with Crippen LogP contribution in [0, 0.1) is 0 Å². The van der Waals surface area contributed by atoms with Crippen molar-refractivity contribution in [2.75, 3.05) is 28.4 Å². The first-order valence-corrected chi connectivity index (χ1v) is 7.38. The fraction of sp³-hybridized carbons (Fsp3) is 0.333. The third-order valence-corrected chi connectivity index (χ3v) is 4.44. The van der Waals surface area contributed by atoms with E-state index in [1.54, 1.807) is 31.4 Å². The van der Waals surface area contributed by atoms with Crippen molar-refractivity contribution in [1.29, 1.82) is 0 Å². The van der Waals surface area contributed by atoms with Crippen molar-refractivity contribution in [1.82, 2.24) is 0 Å². The van der Waals surface area contributed by atoms with Crippen LogP contribution in [0.2, 0.25) is 0 Å². The minimum atomic E-state index is -1.61. The highest BCUT2D eigenvalue weighted by Crippen LogP contribution is 2.41. The molecule has 3 rings (SSSR count). The van der Waals surface area contributed by atoms with E-state index in [1.807, 2.05) is 0 Å². The predicted octanol–water partition coefficient (Wildman–Crippen LogP) is 2.62. The van der Waals surface area contributed by atoms with E-state index in [0.29, 0.717) is 22.4 Å². The third-order valence-electron chi connectivity index (χ3n) is 4.44. The Morgan fingerprint density at radius 2 is 1.67 bits per heavy atom. The number of carbonyl (C=O) groups excluding carboxylic acids is 2. The SMILES string of the molecule is COc1cc(OC)c2c3c(ccc2c1)C(=O)CC(OC)(OC)C3=O. The summed E-state index contributed by atoms with van der Waals surface area (Å²) in [5, 5.41) is 1.28. The molecule has 2 aromatic carbocycles. The largest absolute Gasteiger partial charge is 0.497 e. The molecule has 0 radical (unpaired) electrons. The van der Waals surface area contributed by atoms with Crippen LogP contribution in [0.3, 0.4) is 0 Å². The molecule has 0 saturated heterocycles. The van der Waals surface area contributed by atoms with Gasteiger partial charge in [-0.05, 0) is 11.5 Å². The van der Waals surface area contributed by atoms with Crippen LogP contribution < -0.4 is 9.47 Å². The van der Waals surface area contributed by atoms with Crippen LogP contribution in [-0.4, -0.2) is 45.8 Å². The molecule has 1 aliphatic carbocycles. The molecule has 126 valence electrons. The fourth-order valence-corrected chi connectivity index (χ4v) is 3.14. The molecule has 0 aliphatic heterocycles. The second kappa shape index (κ2) is 5.89. The number of ether oxygens (including phenoxy) is 4. The smallest absolute Gasteiger partial charge is 0.240 e. The van der Waals surface area contributed by atoms with Crippen LogP contribution >= 0.6 is 0 Å². The second-order valence-corrected chi connectivity index (χ2v) is 5.51. The zero-order valence-electron chi connectivity index (χ0n) is 14.0. The van der Waals surface area contributed by atoms with Crippen LogP contribution in [0.5, 0.6) is 11.5 Å². The highest BCUT2D eigenvalue weighted by Gasteiger charge is 2.48. The molecule has 0 amide bonds. The van der Waals surface area contributed by atoms with Crippen molar-refractivity contribution in [3.63, 3.8) is 0 Å². The Bertz CT molecular complexity index is 835. The molecular weight excluding hydrogens is 312 g/mol. The average molecular weight is 330 g/mol. The number of fused-ring (bicyclic) bond motifs is 3. The summed E-state index contributed by atoms with van der Waals surface area (Å²) in [5.74, 6) is -1.17. The van der Waals surface area contributed by atoms with Gasteiger partial charge in [0.1, 0.15) is 11.5 Å². The molecule has 0 heterocycles. The van der Waals surface area contributed by atoms with Crippen molar-refractivity contribution >= 4 is 22.3 Å². The summed E-state index contributed by atoms with van der Waals surface area (Å²) in [7, 11) is 5.76. The average Bonchev–Trinajstić information content (AvgIpc) is 2.62. The molecule has 24 heavy (non-hydrogen) atoms. The first-order valence-electron chi connectivity index (χ1n) is 7.38. The fourth-order valence-electron chi connectivity index (χ4n) is 3.14. The molecule has 0 atom stereocenters. The molecule has 0 saturated carbocycles. The van der Waals surface area contributed by atoms with Gasteiger partial charge < -0.3 is 18.9 Å². The Morgan fingerprint density at radius 1 is 0.958 bits per heavy atom. The van der Waals surface area contributed by atoms with E-state index in [4.69, 9.17) is 18.9 Å². The van der Waals surface area contributed by atoms with E-state index >= 15 is 0 Å². The molecule has 1 aliphatic rings. The maximum absolute atomic E-state index is 13.1. The van der Waals surface area contributed by atoms with Crippen LogP contribution in [-0.2, 0) is 9.47 Å². The van der Waals surface area contributed by atoms with Gasteiger partial charge in [-0.3, -0.25) is 9.59 Å². The lowest BCUT2D eigenvalue weighted by molar-refractivity contribution is -0.167. The number of hydrogen-bond acceptors (Lipinski definition) is 6. The van der Waals surface area contributed by atoms with Gasteiger partial charge in [0.05, 0.1) is 20.6 Å². The van der Waals surface area contributed by atoms with E-state index in [9.17, 15) is 9.59 Å². The van der Waals surface area contributed by atoms with Gasteiger partial charge >= 0.3 is 0 Å². The summed E-state index contributed by atoms with van der Waals surface area (Å²) in [6, 6.07) is 6.88. The zero-order chi connectivity index (χ0) is 17.5. The normalized spacial score (nSPS) is 16.2. The lowest BCUT2D eigenvalue weighted by atomic mass is 9.82. The number of carbonyl (C=O) groups is 2. The van der Waals surface area contributed by atoms with E-state index in [2.05, 4.69) is 0 Å². The summed E-state index contributed by atoms with van der Waals surface area (Å²) >= 11 is 0. The molecule has 0 unspecified atom stereocenters. The zero-order valence-corrected chi connectivity index (χ0v) is 14.0. The summed E-state index contributed by atoms with van der Waals surface area (Å²) in [6.45, 7) is 0. The van der Waals surface area contributed by atoms with Gasteiger partial charge in [-0.15, -0.1) is 0 Å². The second-order valence-electron chi connectivity index (χ2n) is 5.51. The molecular formula is C18H18O6. The van der Waals surface area contributed by atoms with Crippen LogP contribution in [0.15, 0.2) is 24.3 Å². The van der Waals surface area contributed by atoms with Gasteiger partial charge in [-0.2, -0.15) is 0 Å². The van der Waals surface area contributed by atoms with Crippen LogP contribution in [0.4, 0.5) is 0 Å². The summed E-state index contributed by atoms with van der Waals surface area (Å²) in [6.07, 6.45) is -0.157. The number of ketones is 2. The van der Waals surface area contributed by atoms with Gasteiger partial charge in [0.25, 0.3) is 0 Å². The maximum Gasteiger partial charge on any atom is 0.240 e. The van der Waals surface area contributed by atoms with Crippen molar-refractivity contribution in [3.8, 4) is 11.5 Å². The van der Waals surface area contributed by atoms with E-state index < -0.39 is 11.6 Å². The van der Waals surface area contributed by atoms with Crippen LogP contribution in [0.25, 0.3) is 10.8 Å². The highest BCUT2D eigenvalue weighted by molar-refractivity contribution is 6.24. The Kier molecular flexibility index (Phi) is 4.03. The van der Waals surface area contributed by atoms with Crippen molar-refractivity contribution < 1.29 is 28.5 Å². The van der Waals surface area contributed by atoms with Crippen LogP contribution in [0.1, 0.15) is 27.1 Å². The summed E-state index contributed by atoms with van der Waals surface area (Å²) < 4.78 is 21.2. The van der Waals surface area contributed by atoms with Gasteiger partial charge in [-0.1, -0.05) is 12.1 Å². The molecule has 0 N–H and O–H groups in total. The molecule has 0 bridgehead atoms. The van der Waals surface area contributed by atoms with E-state index in [0.717, 1.165) is 5.39 Å². The summed E-state index contributed by atoms with van der Waals surface area (Å²) in [5.41, 5.74) is 0.604. The maximum atomic E-state index is 13.1. The first-order chi connectivity index (χ1) is 11.5. The Balaban J connectivity index is 2.39. The van der Waals surface area contributed by atoms with Gasteiger partial charge in [0.15, 0.2) is 5.78 Å². The highest BCUT2D eigenvalue weighted by atomic mass is 16.7. The lowest BCUT2D eigenvalue weighted by Crippen LogP contribution is -2.48. The minimum absolute atomic E-state index is 0.157. The van der Waals surface area contributed by atoms with E-state index in [1.165, 1.54) is 21.3 Å². The number of Topliss-reactive ketones (excluding diaryl/α,β-unsaturated/α-hetero) is 2. The predicted molar refractivity (Wildman–Crippen MR) is 87.1 cm³/mol. The van der Waals surface area contributed by atoms with Gasteiger partial charge in [-0.25, -0.2) is 0 Å². The number of rotatable bonds is 4. The quantitative estimate of drug-likeness (QED) is 0.803. The summed E-state index contributed by atoms with van der Waals surface area (Å²) in [4.78, 5) is 25.6. The van der Waals surface area contributed by atoms with Gasteiger partial charge in [0, 0.05) is 36.8 Å². The molecule has 0 fully saturated rings. The molecule has 0 spiro atoms. The number of methoxy groups -OCH3 is 4. The minimum Gasteiger partial charge on any atom is -0.497 e.